The van der Waals surface area contributed by atoms with Crippen molar-refractivity contribution in [1.29, 1.82) is 0 Å². The van der Waals surface area contributed by atoms with E-state index in [-0.39, 0.29) is 5.91 Å². The van der Waals surface area contributed by atoms with Gasteiger partial charge in [0.2, 0.25) is 5.91 Å². The normalized spacial score (nSPS) is 21.1. The van der Waals surface area contributed by atoms with E-state index in [9.17, 15) is 4.79 Å². The van der Waals surface area contributed by atoms with Gasteiger partial charge in [-0.1, -0.05) is 0 Å². The Morgan fingerprint density at radius 3 is 3.07 bits per heavy atom. The van der Waals surface area contributed by atoms with Crippen LogP contribution in [-0.2, 0) is 4.79 Å². The molecular formula is C9H10BrN3OS. The van der Waals surface area contributed by atoms with Crippen LogP contribution in [0.4, 0.5) is 5.82 Å². The molecular weight excluding hydrogens is 278 g/mol. The molecule has 1 amide bonds. The molecule has 0 saturated carbocycles. The fraction of sp³-hybridized carbons (Fsp3) is 0.444. The third-order valence-corrected chi connectivity index (χ3v) is 3.44. The fourth-order valence-electron chi connectivity index (χ4n) is 1.61. The van der Waals surface area contributed by atoms with Crippen molar-refractivity contribution < 1.29 is 4.79 Å². The maximum absolute atomic E-state index is 11.7. The van der Waals surface area contributed by atoms with Gasteiger partial charge in [0.05, 0.1) is 4.47 Å². The maximum Gasteiger partial charge on any atom is 0.228 e. The number of carbonyl (C=O) groups excluding carboxylic acids is 1. The number of rotatable bonds is 2. The second-order valence-electron chi connectivity index (χ2n) is 3.45. The van der Waals surface area contributed by atoms with Gasteiger partial charge in [-0.2, -0.15) is 12.6 Å². The average Bonchev–Trinajstić information content (AvgIpc) is 2.60. The van der Waals surface area contributed by atoms with Crippen molar-refractivity contribution in [2.45, 2.75) is 6.42 Å². The first kappa shape index (κ1) is 10.9. The molecule has 0 aromatic carbocycles. The Balaban J connectivity index is 2.25. The summed E-state index contributed by atoms with van der Waals surface area (Å²) in [6, 6.07) is 0. The highest BCUT2D eigenvalue weighted by Gasteiger charge is 2.31. The highest BCUT2D eigenvalue weighted by molar-refractivity contribution is 9.10. The minimum Gasteiger partial charge on any atom is -0.295 e. The summed E-state index contributed by atoms with van der Waals surface area (Å²) >= 11 is 7.55. The summed E-state index contributed by atoms with van der Waals surface area (Å²) in [5, 5.41) is 0. The van der Waals surface area contributed by atoms with Gasteiger partial charge in [0.1, 0.15) is 6.33 Å². The third kappa shape index (κ3) is 2.15. The summed E-state index contributed by atoms with van der Waals surface area (Å²) in [7, 11) is 0. The molecule has 0 N–H and O–H groups in total. The molecule has 1 aromatic heterocycles. The van der Waals surface area contributed by atoms with Gasteiger partial charge in [0.25, 0.3) is 0 Å². The molecule has 1 aliphatic rings. The molecule has 1 fully saturated rings. The number of nitrogens with zero attached hydrogens (tertiary/aromatic N) is 3. The molecule has 4 nitrogen and oxygen atoms in total. The summed E-state index contributed by atoms with van der Waals surface area (Å²) in [5.41, 5.74) is 0. The number of halogens is 1. The van der Waals surface area contributed by atoms with Crippen molar-refractivity contribution in [2.24, 2.45) is 5.92 Å². The molecule has 1 aromatic rings. The van der Waals surface area contributed by atoms with Crippen molar-refractivity contribution in [3.8, 4) is 0 Å². The first-order chi connectivity index (χ1) is 7.22. The lowest BCUT2D eigenvalue weighted by molar-refractivity contribution is -0.117. The quantitative estimate of drug-likeness (QED) is 0.839. The first-order valence-electron chi connectivity index (χ1n) is 4.59. The molecule has 1 aliphatic heterocycles. The van der Waals surface area contributed by atoms with Crippen LogP contribution in [0.15, 0.2) is 17.0 Å². The molecule has 2 rings (SSSR count). The van der Waals surface area contributed by atoms with Crippen LogP contribution in [0.25, 0.3) is 0 Å². The van der Waals surface area contributed by atoms with Crippen LogP contribution < -0.4 is 4.90 Å². The number of thiol groups is 1. The van der Waals surface area contributed by atoms with Crippen LogP contribution in [0.3, 0.4) is 0 Å². The van der Waals surface area contributed by atoms with E-state index in [4.69, 9.17) is 0 Å². The summed E-state index contributed by atoms with van der Waals surface area (Å²) in [4.78, 5) is 21.4. The van der Waals surface area contributed by atoms with Gasteiger partial charge in [0, 0.05) is 19.2 Å². The lowest BCUT2D eigenvalue weighted by atomic mass is 10.1. The van der Waals surface area contributed by atoms with Crippen LogP contribution in [0.1, 0.15) is 6.42 Å². The van der Waals surface area contributed by atoms with E-state index in [0.717, 1.165) is 10.2 Å². The van der Waals surface area contributed by atoms with Gasteiger partial charge in [-0.3, -0.25) is 9.69 Å². The Bertz CT molecular complexity index is 387. The molecule has 0 radical (unpaired) electrons. The van der Waals surface area contributed by atoms with Gasteiger partial charge >= 0.3 is 0 Å². The molecule has 1 unspecified atom stereocenters. The summed E-state index contributed by atoms with van der Waals surface area (Å²) in [6.07, 6.45) is 3.64. The standard InChI is InChI=1S/C9H10BrN3OS/c10-7-2-11-5-12-9(7)13-3-6(4-15)1-8(13)14/h2,5-6,15H,1,3-4H2. The largest absolute Gasteiger partial charge is 0.295 e. The van der Waals surface area contributed by atoms with Crippen molar-refractivity contribution >= 4 is 40.3 Å². The van der Waals surface area contributed by atoms with Crippen LogP contribution in [-0.4, -0.2) is 28.2 Å². The number of aromatic nitrogens is 2. The van der Waals surface area contributed by atoms with E-state index >= 15 is 0 Å². The number of hydrogen-bond donors (Lipinski definition) is 1. The predicted octanol–water partition coefficient (Wildman–Crippen LogP) is 1.52. The van der Waals surface area contributed by atoms with Crippen molar-refractivity contribution in [1.82, 2.24) is 9.97 Å². The van der Waals surface area contributed by atoms with Gasteiger partial charge < -0.3 is 0 Å². The second kappa shape index (κ2) is 4.49. The minimum atomic E-state index is 0.105. The smallest absolute Gasteiger partial charge is 0.228 e. The molecule has 80 valence electrons. The molecule has 6 heteroatoms. The number of anilines is 1. The Labute approximate surface area is 102 Å². The SMILES string of the molecule is O=C1CC(CS)CN1c1ncncc1Br. The van der Waals surface area contributed by atoms with Crippen LogP contribution in [0.2, 0.25) is 0 Å². The molecule has 0 aliphatic carbocycles. The lowest BCUT2D eigenvalue weighted by Crippen LogP contribution is -2.26. The highest BCUT2D eigenvalue weighted by Crippen LogP contribution is 2.28. The Morgan fingerprint density at radius 1 is 1.67 bits per heavy atom. The zero-order valence-electron chi connectivity index (χ0n) is 7.93. The fourth-order valence-corrected chi connectivity index (χ4v) is 2.29. The lowest BCUT2D eigenvalue weighted by Gasteiger charge is -2.15. The maximum atomic E-state index is 11.7. The summed E-state index contributed by atoms with van der Waals surface area (Å²) < 4.78 is 0.748. The Morgan fingerprint density at radius 2 is 2.47 bits per heavy atom. The van der Waals surface area contributed by atoms with E-state index < -0.39 is 0 Å². The Kier molecular flexibility index (Phi) is 3.25. The van der Waals surface area contributed by atoms with Gasteiger partial charge in [-0.25, -0.2) is 9.97 Å². The van der Waals surface area contributed by atoms with Gasteiger partial charge in [-0.05, 0) is 27.6 Å². The number of carbonyl (C=O) groups is 1. The van der Waals surface area contributed by atoms with E-state index in [0.29, 0.717) is 24.7 Å². The van der Waals surface area contributed by atoms with Crippen molar-refractivity contribution in [2.75, 3.05) is 17.2 Å². The van der Waals surface area contributed by atoms with Crippen LogP contribution >= 0.6 is 28.6 Å². The number of hydrogen-bond acceptors (Lipinski definition) is 4. The van der Waals surface area contributed by atoms with Gasteiger partial charge in [-0.15, -0.1) is 0 Å². The van der Waals surface area contributed by atoms with Crippen LogP contribution in [0.5, 0.6) is 0 Å². The highest BCUT2D eigenvalue weighted by atomic mass is 79.9. The van der Waals surface area contributed by atoms with Gasteiger partial charge in [0.15, 0.2) is 5.82 Å². The molecule has 0 bridgehead atoms. The summed E-state index contributed by atoms with van der Waals surface area (Å²) in [5.74, 6) is 1.81. The topological polar surface area (TPSA) is 46.1 Å². The zero-order valence-corrected chi connectivity index (χ0v) is 10.4. The second-order valence-corrected chi connectivity index (χ2v) is 4.67. The van der Waals surface area contributed by atoms with Crippen molar-refractivity contribution in [3.63, 3.8) is 0 Å². The monoisotopic (exact) mass is 287 g/mol. The van der Waals surface area contributed by atoms with E-state index in [1.54, 1.807) is 11.1 Å². The first-order valence-corrected chi connectivity index (χ1v) is 6.01. The molecule has 0 spiro atoms. The van der Waals surface area contributed by atoms with Crippen molar-refractivity contribution in [3.05, 3.63) is 17.0 Å². The minimum absolute atomic E-state index is 0.105. The van der Waals surface area contributed by atoms with Crippen LogP contribution in [0, 0.1) is 5.92 Å². The average molecular weight is 288 g/mol. The summed E-state index contributed by atoms with van der Waals surface area (Å²) in [6.45, 7) is 0.692. The molecule has 15 heavy (non-hydrogen) atoms. The molecule has 2 heterocycles. The number of amides is 1. The van der Waals surface area contributed by atoms with E-state index in [2.05, 4.69) is 38.5 Å². The predicted molar refractivity (Wildman–Crippen MR) is 64.0 cm³/mol. The Hall–Kier alpha value is -0.620. The third-order valence-electron chi connectivity index (χ3n) is 2.37. The molecule has 1 atom stereocenters. The van der Waals surface area contributed by atoms with E-state index in [1.807, 2.05) is 0 Å². The zero-order chi connectivity index (χ0) is 10.8. The van der Waals surface area contributed by atoms with E-state index in [1.165, 1.54) is 6.33 Å². The molecule has 1 saturated heterocycles.